The lowest BCUT2D eigenvalue weighted by Crippen LogP contribution is -2.48. The van der Waals surface area contributed by atoms with Gasteiger partial charge >= 0.3 is 0 Å². The van der Waals surface area contributed by atoms with Gasteiger partial charge in [-0.2, -0.15) is 0 Å². The molecule has 1 amide bonds. The Kier molecular flexibility index (Phi) is 5.26. The molecule has 6 heteroatoms. The van der Waals surface area contributed by atoms with Crippen LogP contribution in [0.1, 0.15) is 20.8 Å². The summed E-state index contributed by atoms with van der Waals surface area (Å²) in [6, 6.07) is 0. The minimum atomic E-state index is -3.38. The first-order chi connectivity index (χ1) is 6.63. The highest BCUT2D eigenvalue weighted by Gasteiger charge is 2.38. The predicted molar refractivity (Wildman–Crippen MR) is 64.9 cm³/mol. The van der Waals surface area contributed by atoms with E-state index in [0.717, 1.165) is 11.6 Å². The molecule has 0 heterocycles. The van der Waals surface area contributed by atoms with Gasteiger partial charge in [-0.05, 0) is 19.8 Å². The fourth-order valence-corrected chi connectivity index (χ4v) is 1.34. The molecule has 0 aromatic heterocycles. The first-order valence-electron chi connectivity index (χ1n) is 4.66. The van der Waals surface area contributed by atoms with Crippen LogP contribution >= 0.6 is 15.9 Å². The number of carbonyl (C=O) groups is 1. The Morgan fingerprint density at radius 3 is 2.27 bits per heavy atom. The van der Waals surface area contributed by atoms with E-state index in [9.17, 15) is 13.2 Å². The first kappa shape index (κ1) is 14.9. The van der Waals surface area contributed by atoms with Crippen LogP contribution in [0.25, 0.3) is 0 Å². The molecule has 0 radical (unpaired) electrons. The second kappa shape index (κ2) is 5.30. The molecule has 0 spiro atoms. The highest BCUT2D eigenvalue weighted by Crippen LogP contribution is 2.15. The fraction of sp³-hybridized carbons (Fsp3) is 0.889. The summed E-state index contributed by atoms with van der Waals surface area (Å²) in [5.41, 5.74) is 0. The van der Waals surface area contributed by atoms with Gasteiger partial charge in [0.25, 0.3) is 0 Å². The third-order valence-electron chi connectivity index (χ3n) is 2.35. The number of rotatable bonds is 5. The van der Waals surface area contributed by atoms with Crippen molar-refractivity contribution >= 4 is 31.7 Å². The Morgan fingerprint density at radius 1 is 1.47 bits per heavy atom. The summed E-state index contributed by atoms with van der Waals surface area (Å²) in [7, 11) is -3.38. The van der Waals surface area contributed by atoms with Gasteiger partial charge in [0, 0.05) is 18.1 Å². The quantitative estimate of drug-likeness (QED) is 0.769. The Labute approximate surface area is 99.9 Å². The zero-order valence-electron chi connectivity index (χ0n) is 9.50. The summed E-state index contributed by atoms with van der Waals surface area (Å²) in [4.78, 5) is 11.6. The second-order valence-corrected chi connectivity index (χ2v) is 7.46. The third kappa shape index (κ3) is 4.10. The maximum Gasteiger partial charge on any atom is 0.240 e. The maximum absolute atomic E-state index is 11.6. The normalized spacial score (nSPS) is 14.7. The van der Waals surface area contributed by atoms with Crippen molar-refractivity contribution in [2.45, 2.75) is 25.5 Å². The van der Waals surface area contributed by atoms with Crippen LogP contribution in [0.15, 0.2) is 0 Å². The van der Waals surface area contributed by atoms with E-state index in [2.05, 4.69) is 21.2 Å². The molecule has 0 saturated heterocycles. The van der Waals surface area contributed by atoms with Gasteiger partial charge in [-0.15, -0.1) is 0 Å². The number of halogens is 1. The topological polar surface area (TPSA) is 63.2 Å². The summed E-state index contributed by atoms with van der Waals surface area (Å²) >= 11 is 3.29. The molecule has 0 bridgehead atoms. The number of sulfone groups is 1. The average molecular weight is 300 g/mol. The summed E-state index contributed by atoms with van der Waals surface area (Å²) in [6.45, 7) is 5.26. The third-order valence-corrected chi connectivity index (χ3v) is 5.49. The van der Waals surface area contributed by atoms with Crippen LogP contribution in [0.3, 0.4) is 0 Å². The van der Waals surface area contributed by atoms with E-state index >= 15 is 0 Å². The fourth-order valence-electron chi connectivity index (χ4n) is 0.703. The van der Waals surface area contributed by atoms with E-state index in [4.69, 9.17) is 0 Å². The number of hydrogen-bond acceptors (Lipinski definition) is 3. The molecule has 0 aliphatic rings. The van der Waals surface area contributed by atoms with Crippen molar-refractivity contribution in [1.29, 1.82) is 0 Å². The molecular weight excluding hydrogens is 282 g/mol. The maximum atomic E-state index is 11.6. The van der Waals surface area contributed by atoms with E-state index in [1.54, 1.807) is 0 Å². The van der Waals surface area contributed by atoms with Gasteiger partial charge in [-0.1, -0.05) is 22.9 Å². The molecule has 15 heavy (non-hydrogen) atoms. The van der Waals surface area contributed by atoms with Crippen molar-refractivity contribution in [2.24, 2.45) is 5.92 Å². The molecule has 0 aliphatic heterocycles. The van der Waals surface area contributed by atoms with Crippen LogP contribution in [0, 0.1) is 5.92 Å². The lowest BCUT2D eigenvalue weighted by Gasteiger charge is -2.22. The zero-order chi connectivity index (χ0) is 12.3. The molecule has 0 saturated carbocycles. The number of nitrogens with one attached hydrogen (secondary N) is 1. The number of alkyl halides is 1. The van der Waals surface area contributed by atoms with Crippen molar-refractivity contribution in [3.8, 4) is 0 Å². The number of amides is 1. The van der Waals surface area contributed by atoms with Crippen molar-refractivity contribution in [3.05, 3.63) is 0 Å². The van der Waals surface area contributed by atoms with Crippen LogP contribution in [0.2, 0.25) is 0 Å². The Bertz CT molecular complexity index is 324. The molecule has 1 unspecified atom stereocenters. The first-order valence-corrected chi connectivity index (χ1v) is 7.68. The highest BCUT2D eigenvalue weighted by atomic mass is 79.9. The van der Waals surface area contributed by atoms with Crippen LogP contribution in [-0.4, -0.2) is 37.2 Å². The molecule has 0 aliphatic carbocycles. The lowest BCUT2D eigenvalue weighted by atomic mass is 10.1. The summed E-state index contributed by atoms with van der Waals surface area (Å²) in [5, 5.41) is 3.40. The van der Waals surface area contributed by atoms with E-state index < -0.39 is 20.5 Å². The summed E-state index contributed by atoms with van der Waals surface area (Å²) in [6.07, 6.45) is 1.07. The van der Waals surface area contributed by atoms with Crippen LogP contribution in [-0.2, 0) is 14.6 Å². The highest BCUT2D eigenvalue weighted by molar-refractivity contribution is 9.09. The summed E-state index contributed by atoms with van der Waals surface area (Å²) < 4.78 is 21.3. The molecule has 1 atom stereocenters. The van der Waals surface area contributed by atoms with E-state index in [1.165, 1.54) is 13.8 Å². The van der Waals surface area contributed by atoms with Crippen LogP contribution in [0.5, 0.6) is 0 Å². The molecule has 1 N–H and O–H groups in total. The van der Waals surface area contributed by atoms with E-state index in [-0.39, 0.29) is 5.92 Å². The molecule has 90 valence electrons. The van der Waals surface area contributed by atoms with Crippen molar-refractivity contribution < 1.29 is 13.2 Å². The van der Waals surface area contributed by atoms with Gasteiger partial charge < -0.3 is 5.32 Å². The van der Waals surface area contributed by atoms with Gasteiger partial charge in [0.15, 0.2) is 9.84 Å². The lowest BCUT2D eigenvalue weighted by molar-refractivity contribution is -0.122. The van der Waals surface area contributed by atoms with Gasteiger partial charge in [-0.25, -0.2) is 8.42 Å². The standard InChI is InChI=1S/C9H18BrNO3S/c1-7(5-10)6-11-8(12)9(2,3)15(4,13)14/h7H,5-6H2,1-4H3,(H,11,12). The monoisotopic (exact) mass is 299 g/mol. The molecular formula is C9H18BrNO3S. The number of carbonyl (C=O) groups excluding carboxylic acids is 1. The Balaban J connectivity index is 4.47. The van der Waals surface area contributed by atoms with Crippen molar-refractivity contribution in [1.82, 2.24) is 5.32 Å². The minimum absolute atomic E-state index is 0.282. The van der Waals surface area contributed by atoms with Gasteiger partial charge in [-0.3, -0.25) is 4.79 Å². The smallest absolute Gasteiger partial charge is 0.240 e. The van der Waals surface area contributed by atoms with Crippen LogP contribution < -0.4 is 5.32 Å². The van der Waals surface area contributed by atoms with Gasteiger partial charge in [0.1, 0.15) is 4.75 Å². The van der Waals surface area contributed by atoms with Crippen LogP contribution in [0.4, 0.5) is 0 Å². The SMILES string of the molecule is CC(CBr)CNC(=O)C(C)(C)S(C)(=O)=O. The second-order valence-electron chi connectivity index (χ2n) is 4.25. The van der Waals surface area contributed by atoms with Gasteiger partial charge in [0.05, 0.1) is 0 Å². The van der Waals surface area contributed by atoms with Gasteiger partial charge in [0.2, 0.25) is 5.91 Å². The molecule has 0 fully saturated rings. The zero-order valence-corrected chi connectivity index (χ0v) is 11.9. The van der Waals surface area contributed by atoms with Crippen molar-refractivity contribution in [3.63, 3.8) is 0 Å². The predicted octanol–water partition coefficient (Wildman–Crippen LogP) is 0.957. The largest absolute Gasteiger partial charge is 0.354 e. The average Bonchev–Trinajstić information content (AvgIpc) is 2.11. The molecule has 4 nitrogen and oxygen atoms in total. The summed E-state index contributed by atoms with van der Waals surface area (Å²) in [5.74, 6) is -0.165. The molecule has 0 rings (SSSR count). The number of hydrogen-bond donors (Lipinski definition) is 1. The minimum Gasteiger partial charge on any atom is -0.354 e. The van der Waals surface area contributed by atoms with E-state index in [1.807, 2.05) is 6.92 Å². The Morgan fingerprint density at radius 2 is 1.93 bits per heavy atom. The molecule has 0 aromatic rings. The Hall–Kier alpha value is -0.100. The molecule has 0 aromatic carbocycles. The van der Waals surface area contributed by atoms with Crippen molar-refractivity contribution in [2.75, 3.05) is 18.1 Å². The van der Waals surface area contributed by atoms with E-state index in [0.29, 0.717) is 6.54 Å².